The molecule has 26 heavy (non-hydrogen) atoms. The molecule has 0 spiro atoms. The lowest BCUT2D eigenvalue weighted by atomic mass is 10.2. The molecule has 0 aromatic carbocycles. The van der Waals surface area contributed by atoms with E-state index < -0.39 is 6.03 Å². The summed E-state index contributed by atoms with van der Waals surface area (Å²) in [7, 11) is 0. The molecule has 0 aliphatic rings. The average Bonchev–Trinajstić information content (AvgIpc) is 3.18. The van der Waals surface area contributed by atoms with Crippen molar-refractivity contribution in [2.45, 2.75) is 26.9 Å². The van der Waals surface area contributed by atoms with Crippen LogP contribution in [-0.4, -0.2) is 36.6 Å². The van der Waals surface area contributed by atoms with E-state index in [1.165, 1.54) is 6.26 Å². The zero-order valence-corrected chi connectivity index (χ0v) is 15.1. The van der Waals surface area contributed by atoms with Crippen molar-refractivity contribution in [1.29, 1.82) is 0 Å². The quantitative estimate of drug-likeness (QED) is 0.632. The van der Waals surface area contributed by atoms with Gasteiger partial charge in [0.1, 0.15) is 11.6 Å². The Kier molecular flexibility index (Phi) is 7.48. The summed E-state index contributed by atoms with van der Waals surface area (Å²) in [6, 6.07) is 6.96. The van der Waals surface area contributed by atoms with Crippen LogP contribution in [0.15, 0.2) is 41.1 Å². The number of carbonyl (C=O) groups excluding carboxylic acids is 2. The van der Waals surface area contributed by atoms with Gasteiger partial charge in [0.25, 0.3) is 0 Å². The standard InChI is InChI=1S/C18H25N5O3/c1-3-23(4-2)16-8-7-14(10-19-16)11-21-18(25)22-13-17(24)20-12-15-6-5-9-26-15/h5-10H,3-4,11-13H2,1-2H3,(H,20,24)(H2,21,22,25). The minimum Gasteiger partial charge on any atom is -0.467 e. The predicted molar refractivity (Wildman–Crippen MR) is 98.6 cm³/mol. The Labute approximate surface area is 153 Å². The molecule has 2 heterocycles. The lowest BCUT2D eigenvalue weighted by Gasteiger charge is -2.19. The highest BCUT2D eigenvalue weighted by Crippen LogP contribution is 2.10. The van der Waals surface area contributed by atoms with E-state index in [1.807, 2.05) is 12.1 Å². The van der Waals surface area contributed by atoms with Crippen LogP contribution < -0.4 is 20.9 Å². The van der Waals surface area contributed by atoms with Gasteiger partial charge in [-0.05, 0) is 37.6 Å². The molecule has 3 N–H and O–H groups in total. The van der Waals surface area contributed by atoms with Gasteiger partial charge >= 0.3 is 6.03 Å². The van der Waals surface area contributed by atoms with Gasteiger partial charge in [-0.2, -0.15) is 0 Å². The van der Waals surface area contributed by atoms with Crippen LogP contribution in [0.5, 0.6) is 0 Å². The van der Waals surface area contributed by atoms with Gasteiger partial charge in [0.15, 0.2) is 0 Å². The fraction of sp³-hybridized carbons (Fsp3) is 0.389. The lowest BCUT2D eigenvalue weighted by molar-refractivity contribution is -0.120. The molecule has 2 rings (SSSR count). The zero-order chi connectivity index (χ0) is 18.8. The Morgan fingerprint density at radius 1 is 1.08 bits per heavy atom. The number of anilines is 1. The topological polar surface area (TPSA) is 99.5 Å². The van der Waals surface area contributed by atoms with Crippen LogP contribution in [0.25, 0.3) is 0 Å². The molecule has 0 saturated carbocycles. The molecule has 0 saturated heterocycles. The normalized spacial score (nSPS) is 10.2. The average molecular weight is 359 g/mol. The number of furan rings is 1. The van der Waals surface area contributed by atoms with Crippen LogP contribution in [0.4, 0.5) is 10.6 Å². The molecule has 0 atom stereocenters. The summed E-state index contributed by atoms with van der Waals surface area (Å²) in [4.78, 5) is 30.0. The van der Waals surface area contributed by atoms with Crippen molar-refractivity contribution in [1.82, 2.24) is 20.9 Å². The highest BCUT2D eigenvalue weighted by molar-refractivity contribution is 5.83. The fourth-order valence-electron chi connectivity index (χ4n) is 2.32. The predicted octanol–water partition coefficient (Wildman–Crippen LogP) is 1.64. The van der Waals surface area contributed by atoms with Crippen molar-refractivity contribution in [3.05, 3.63) is 48.0 Å². The van der Waals surface area contributed by atoms with Crippen LogP contribution in [0.1, 0.15) is 25.2 Å². The molecule has 2 aromatic rings. The lowest BCUT2D eigenvalue weighted by Crippen LogP contribution is -2.41. The first-order valence-electron chi connectivity index (χ1n) is 8.63. The Bertz CT molecular complexity index is 681. The molecule has 140 valence electrons. The van der Waals surface area contributed by atoms with Gasteiger partial charge in [-0.1, -0.05) is 6.07 Å². The number of pyridine rings is 1. The van der Waals surface area contributed by atoms with Crippen LogP contribution in [0.3, 0.4) is 0 Å². The number of nitrogens with zero attached hydrogens (tertiary/aromatic N) is 2. The van der Waals surface area contributed by atoms with Gasteiger partial charge in [0.05, 0.1) is 19.4 Å². The van der Waals surface area contributed by atoms with Crippen molar-refractivity contribution in [3.63, 3.8) is 0 Å². The number of aromatic nitrogens is 1. The SMILES string of the molecule is CCN(CC)c1ccc(CNC(=O)NCC(=O)NCc2ccco2)cn1. The van der Waals surface area contributed by atoms with E-state index in [0.717, 1.165) is 24.5 Å². The summed E-state index contributed by atoms with van der Waals surface area (Å²) in [5, 5.41) is 7.86. The van der Waals surface area contributed by atoms with Crippen molar-refractivity contribution in [2.24, 2.45) is 0 Å². The number of rotatable bonds is 9. The van der Waals surface area contributed by atoms with E-state index >= 15 is 0 Å². The van der Waals surface area contributed by atoms with Gasteiger partial charge in [0.2, 0.25) is 5.91 Å². The van der Waals surface area contributed by atoms with Gasteiger partial charge in [0, 0.05) is 25.8 Å². The van der Waals surface area contributed by atoms with E-state index in [0.29, 0.717) is 18.8 Å². The second-order valence-electron chi connectivity index (χ2n) is 5.59. The monoisotopic (exact) mass is 359 g/mol. The molecule has 0 fully saturated rings. The first kappa shape index (κ1) is 19.3. The minimum atomic E-state index is -0.411. The Morgan fingerprint density at radius 3 is 2.50 bits per heavy atom. The third-order valence-corrected chi connectivity index (χ3v) is 3.80. The molecule has 0 aliphatic carbocycles. The zero-order valence-electron chi connectivity index (χ0n) is 15.1. The van der Waals surface area contributed by atoms with Crippen LogP contribution >= 0.6 is 0 Å². The van der Waals surface area contributed by atoms with Crippen LogP contribution in [-0.2, 0) is 17.9 Å². The maximum Gasteiger partial charge on any atom is 0.315 e. The number of hydrogen-bond acceptors (Lipinski definition) is 5. The van der Waals surface area contributed by atoms with Crippen LogP contribution in [0, 0.1) is 0 Å². The molecule has 3 amide bonds. The summed E-state index contributed by atoms with van der Waals surface area (Å²) >= 11 is 0. The van der Waals surface area contributed by atoms with Crippen molar-refractivity contribution >= 4 is 17.8 Å². The smallest absolute Gasteiger partial charge is 0.315 e. The number of urea groups is 1. The molecule has 0 unspecified atom stereocenters. The number of amides is 3. The largest absolute Gasteiger partial charge is 0.467 e. The van der Waals surface area contributed by atoms with Crippen molar-refractivity contribution < 1.29 is 14.0 Å². The third-order valence-electron chi connectivity index (χ3n) is 3.80. The first-order chi connectivity index (χ1) is 12.6. The Balaban J connectivity index is 1.67. The van der Waals surface area contributed by atoms with Gasteiger partial charge in [-0.25, -0.2) is 9.78 Å². The summed E-state index contributed by atoms with van der Waals surface area (Å²) in [6.07, 6.45) is 3.28. The van der Waals surface area contributed by atoms with Gasteiger partial charge < -0.3 is 25.3 Å². The molecule has 0 aliphatic heterocycles. The molecule has 0 radical (unpaired) electrons. The molecule has 0 bridgehead atoms. The van der Waals surface area contributed by atoms with Crippen molar-refractivity contribution in [3.8, 4) is 0 Å². The van der Waals surface area contributed by atoms with Gasteiger partial charge in [-0.15, -0.1) is 0 Å². The molecule has 2 aromatic heterocycles. The second-order valence-corrected chi connectivity index (χ2v) is 5.59. The first-order valence-corrected chi connectivity index (χ1v) is 8.63. The minimum absolute atomic E-state index is 0.105. The molecule has 8 heteroatoms. The molecular formula is C18H25N5O3. The summed E-state index contributed by atoms with van der Waals surface area (Å²) in [5.41, 5.74) is 0.887. The maximum atomic E-state index is 11.8. The number of carbonyl (C=O) groups is 2. The third kappa shape index (κ3) is 6.12. The Hall–Kier alpha value is -3.03. The second kappa shape index (κ2) is 10.1. The van der Waals surface area contributed by atoms with Crippen LogP contribution in [0.2, 0.25) is 0 Å². The number of hydrogen-bond donors (Lipinski definition) is 3. The van der Waals surface area contributed by atoms with E-state index in [4.69, 9.17) is 4.42 Å². The van der Waals surface area contributed by atoms with Gasteiger partial charge in [-0.3, -0.25) is 4.79 Å². The van der Waals surface area contributed by atoms with E-state index in [9.17, 15) is 9.59 Å². The number of nitrogens with one attached hydrogen (secondary N) is 3. The summed E-state index contributed by atoms with van der Waals surface area (Å²) in [5.74, 6) is 1.28. The van der Waals surface area contributed by atoms with E-state index in [1.54, 1.807) is 18.3 Å². The van der Waals surface area contributed by atoms with E-state index in [2.05, 4.69) is 39.7 Å². The van der Waals surface area contributed by atoms with Crippen molar-refractivity contribution in [2.75, 3.05) is 24.5 Å². The Morgan fingerprint density at radius 2 is 1.88 bits per heavy atom. The maximum absolute atomic E-state index is 11.8. The highest BCUT2D eigenvalue weighted by Gasteiger charge is 2.07. The fourth-order valence-corrected chi connectivity index (χ4v) is 2.32. The molecule has 8 nitrogen and oxygen atoms in total. The summed E-state index contributed by atoms with van der Waals surface area (Å²) < 4.78 is 5.11. The highest BCUT2D eigenvalue weighted by atomic mass is 16.3. The summed E-state index contributed by atoms with van der Waals surface area (Å²) in [6.45, 7) is 6.47. The van der Waals surface area contributed by atoms with E-state index in [-0.39, 0.29) is 12.5 Å². The molecular weight excluding hydrogens is 334 g/mol.